The van der Waals surface area contributed by atoms with Crippen molar-refractivity contribution in [3.05, 3.63) is 0 Å². The molecule has 0 aromatic rings. The second-order valence-electron chi connectivity index (χ2n) is 6.21. The Morgan fingerprint density at radius 2 is 1.90 bits per heavy atom. The first kappa shape index (κ1) is 18.8. The standard InChI is InChI=1S/C14H31N3O3S/c1-13(2)16(3)9-5-4-8-15-21(19,20)17-10-6-14(12-18)7-11-17/h13-15,18H,4-12H2,1-3H3. The van der Waals surface area contributed by atoms with E-state index in [0.29, 0.717) is 25.7 Å². The number of aliphatic hydroxyl groups is 1. The van der Waals surface area contributed by atoms with E-state index in [1.54, 1.807) is 0 Å². The van der Waals surface area contributed by atoms with Gasteiger partial charge in [0, 0.05) is 32.3 Å². The molecule has 1 saturated heterocycles. The molecule has 0 atom stereocenters. The molecule has 126 valence electrons. The number of nitrogens with zero attached hydrogens (tertiary/aromatic N) is 2. The van der Waals surface area contributed by atoms with Crippen LogP contribution >= 0.6 is 0 Å². The summed E-state index contributed by atoms with van der Waals surface area (Å²) in [4.78, 5) is 2.26. The van der Waals surface area contributed by atoms with Crippen molar-refractivity contribution < 1.29 is 13.5 Å². The zero-order chi connectivity index (χ0) is 15.9. The van der Waals surface area contributed by atoms with Gasteiger partial charge in [0.2, 0.25) is 0 Å². The second kappa shape index (κ2) is 9.05. The van der Waals surface area contributed by atoms with Crippen LogP contribution in [-0.4, -0.2) is 68.6 Å². The van der Waals surface area contributed by atoms with Gasteiger partial charge in [-0.25, -0.2) is 4.72 Å². The van der Waals surface area contributed by atoms with E-state index in [4.69, 9.17) is 5.11 Å². The summed E-state index contributed by atoms with van der Waals surface area (Å²) in [5, 5.41) is 9.08. The maximum atomic E-state index is 12.1. The molecular weight excluding hydrogens is 290 g/mol. The molecular formula is C14H31N3O3S. The molecule has 6 nitrogen and oxygen atoms in total. The predicted molar refractivity (Wildman–Crippen MR) is 85.3 cm³/mol. The van der Waals surface area contributed by atoms with E-state index in [-0.39, 0.29) is 12.5 Å². The Morgan fingerprint density at radius 1 is 1.29 bits per heavy atom. The first-order chi connectivity index (χ1) is 9.86. The predicted octanol–water partition coefficient (Wildman–Crippen LogP) is 0.646. The van der Waals surface area contributed by atoms with Gasteiger partial charge in [0.05, 0.1) is 0 Å². The lowest BCUT2D eigenvalue weighted by Crippen LogP contribution is -2.45. The topological polar surface area (TPSA) is 72.9 Å². The molecule has 0 aromatic carbocycles. The maximum Gasteiger partial charge on any atom is 0.279 e. The van der Waals surface area contributed by atoms with Gasteiger partial charge in [-0.05, 0) is 59.0 Å². The van der Waals surface area contributed by atoms with Crippen LogP contribution < -0.4 is 4.72 Å². The van der Waals surface area contributed by atoms with Crippen molar-refractivity contribution in [2.45, 2.75) is 45.6 Å². The van der Waals surface area contributed by atoms with Gasteiger partial charge in [-0.2, -0.15) is 12.7 Å². The smallest absolute Gasteiger partial charge is 0.279 e. The summed E-state index contributed by atoms with van der Waals surface area (Å²) in [6, 6.07) is 0.523. The third-order valence-electron chi connectivity index (χ3n) is 4.28. The number of unbranched alkanes of at least 4 members (excludes halogenated alkanes) is 1. The average molecular weight is 321 g/mol. The van der Waals surface area contributed by atoms with Crippen molar-refractivity contribution in [2.75, 3.05) is 39.8 Å². The normalized spacial score (nSPS) is 18.8. The molecule has 0 unspecified atom stereocenters. The van der Waals surface area contributed by atoms with E-state index in [2.05, 4.69) is 30.5 Å². The summed E-state index contributed by atoms with van der Waals surface area (Å²) in [6.07, 6.45) is 3.33. The number of rotatable bonds is 9. The SMILES string of the molecule is CC(C)N(C)CCCCNS(=O)(=O)N1CCC(CO)CC1. The molecule has 0 spiro atoms. The summed E-state index contributed by atoms with van der Waals surface area (Å²) >= 11 is 0. The molecule has 1 heterocycles. The molecule has 0 aliphatic carbocycles. The first-order valence-electron chi connectivity index (χ1n) is 7.92. The fourth-order valence-corrected chi connectivity index (χ4v) is 3.65. The minimum atomic E-state index is -3.34. The molecule has 0 bridgehead atoms. The highest BCUT2D eigenvalue weighted by molar-refractivity contribution is 7.87. The molecule has 1 fully saturated rings. The minimum absolute atomic E-state index is 0.157. The van der Waals surface area contributed by atoms with Crippen LogP contribution in [0.1, 0.15) is 39.5 Å². The van der Waals surface area contributed by atoms with Gasteiger partial charge < -0.3 is 10.0 Å². The monoisotopic (exact) mass is 321 g/mol. The number of hydrogen-bond acceptors (Lipinski definition) is 4. The Bertz CT molecular complexity index is 379. The van der Waals surface area contributed by atoms with Crippen molar-refractivity contribution in [3.63, 3.8) is 0 Å². The van der Waals surface area contributed by atoms with Gasteiger partial charge in [-0.1, -0.05) is 0 Å². The molecule has 0 amide bonds. The zero-order valence-corrected chi connectivity index (χ0v) is 14.4. The fourth-order valence-electron chi connectivity index (χ4n) is 2.37. The van der Waals surface area contributed by atoms with E-state index < -0.39 is 10.2 Å². The summed E-state index contributed by atoms with van der Waals surface area (Å²) in [5.74, 6) is 0.253. The Hall–Kier alpha value is -0.210. The van der Waals surface area contributed by atoms with Crippen LogP contribution in [0.4, 0.5) is 0 Å². The van der Waals surface area contributed by atoms with Crippen LogP contribution in [0.15, 0.2) is 0 Å². The lowest BCUT2D eigenvalue weighted by Gasteiger charge is -2.30. The molecule has 1 aliphatic heterocycles. The molecule has 2 N–H and O–H groups in total. The lowest BCUT2D eigenvalue weighted by atomic mass is 10.00. The van der Waals surface area contributed by atoms with Crippen LogP contribution in [0.2, 0.25) is 0 Å². The minimum Gasteiger partial charge on any atom is -0.396 e. The maximum absolute atomic E-state index is 12.1. The van der Waals surface area contributed by atoms with Crippen molar-refractivity contribution in [1.29, 1.82) is 0 Å². The Labute approximate surface area is 129 Å². The Balaban J connectivity index is 2.21. The van der Waals surface area contributed by atoms with Gasteiger partial charge in [-0.3, -0.25) is 0 Å². The molecule has 1 rings (SSSR count). The largest absolute Gasteiger partial charge is 0.396 e. The number of nitrogens with one attached hydrogen (secondary N) is 1. The van der Waals surface area contributed by atoms with Gasteiger partial charge in [0.15, 0.2) is 0 Å². The summed E-state index contributed by atoms with van der Waals surface area (Å²) < 4.78 is 28.4. The quantitative estimate of drug-likeness (QED) is 0.612. The molecule has 0 radical (unpaired) electrons. The van der Waals surface area contributed by atoms with Gasteiger partial charge in [0.1, 0.15) is 0 Å². The Kier molecular flexibility index (Phi) is 8.12. The molecule has 0 aromatic heterocycles. The summed E-state index contributed by atoms with van der Waals surface area (Å²) in [5.41, 5.74) is 0. The number of aliphatic hydroxyl groups excluding tert-OH is 1. The highest BCUT2D eigenvalue weighted by atomic mass is 32.2. The number of hydrogen-bond donors (Lipinski definition) is 2. The second-order valence-corrected chi connectivity index (χ2v) is 7.96. The van der Waals surface area contributed by atoms with Crippen LogP contribution in [0, 0.1) is 5.92 Å². The third kappa shape index (κ3) is 6.61. The van der Waals surface area contributed by atoms with Crippen molar-refractivity contribution in [1.82, 2.24) is 13.9 Å². The van der Waals surface area contributed by atoms with Gasteiger partial charge >= 0.3 is 0 Å². The first-order valence-corrected chi connectivity index (χ1v) is 9.36. The lowest BCUT2D eigenvalue weighted by molar-refractivity contribution is 0.169. The van der Waals surface area contributed by atoms with Crippen molar-refractivity contribution in [3.8, 4) is 0 Å². The Morgan fingerprint density at radius 3 is 2.43 bits per heavy atom. The van der Waals surface area contributed by atoms with Crippen LogP contribution in [-0.2, 0) is 10.2 Å². The van der Waals surface area contributed by atoms with Crippen molar-refractivity contribution >= 4 is 10.2 Å². The molecule has 7 heteroatoms. The van der Waals surface area contributed by atoms with E-state index in [0.717, 1.165) is 32.2 Å². The van der Waals surface area contributed by atoms with E-state index in [1.807, 2.05) is 0 Å². The molecule has 21 heavy (non-hydrogen) atoms. The highest BCUT2D eigenvalue weighted by Gasteiger charge is 2.27. The van der Waals surface area contributed by atoms with E-state index >= 15 is 0 Å². The van der Waals surface area contributed by atoms with Crippen LogP contribution in [0.3, 0.4) is 0 Å². The van der Waals surface area contributed by atoms with Crippen LogP contribution in [0.25, 0.3) is 0 Å². The van der Waals surface area contributed by atoms with Crippen molar-refractivity contribution in [2.24, 2.45) is 5.92 Å². The molecule has 0 saturated carbocycles. The van der Waals surface area contributed by atoms with E-state index in [1.165, 1.54) is 4.31 Å². The van der Waals surface area contributed by atoms with E-state index in [9.17, 15) is 8.42 Å². The van der Waals surface area contributed by atoms with Crippen LogP contribution in [0.5, 0.6) is 0 Å². The average Bonchev–Trinajstić information content (AvgIpc) is 2.46. The number of piperidine rings is 1. The van der Waals surface area contributed by atoms with Gasteiger partial charge in [0.25, 0.3) is 10.2 Å². The van der Waals surface area contributed by atoms with Gasteiger partial charge in [-0.15, -0.1) is 0 Å². The molecule has 1 aliphatic rings. The highest BCUT2D eigenvalue weighted by Crippen LogP contribution is 2.18. The fraction of sp³-hybridized carbons (Fsp3) is 1.00. The summed E-state index contributed by atoms with van der Waals surface area (Å²) in [7, 11) is -1.26. The third-order valence-corrected chi connectivity index (χ3v) is 5.89. The zero-order valence-electron chi connectivity index (χ0n) is 13.6. The summed E-state index contributed by atoms with van der Waals surface area (Å²) in [6.45, 7) is 6.96.